The second kappa shape index (κ2) is 6.85. The third-order valence-corrected chi connectivity index (χ3v) is 3.95. The van der Waals surface area contributed by atoms with Crippen LogP contribution in [0.3, 0.4) is 0 Å². The molecular formula is C14H18ClN5O2. The minimum atomic E-state index is -0.419. The Labute approximate surface area is 134 Å². The first kappa shape index (κ1) is 16.4. The fraction of sp³-hybridized carbons (Fsp3) is 0.429. The molecule has 1 saturated heterocycles. The van der Waals surface area contributed by atoms with Crippen LogP contribution in [0.25, 0.3) is 11.0 Å². The number of non-ortho nitro benzene ring substituents is 1. The van der Waals surface area contributed by atoms with Gasteiger partial charge in [-0.1, -0.05) is 0 Å². The summed E-state index contributed by atoms with van der Waals surface area (Å²) in [5.41, 5.74) is 1.28. The van der Waals surface area contributed by atoms with Gasteiger partial charge in [0.25, 0.3) is 5.69 Å². The Morgan fingerprint density at radius 2 is 2.05 bits per heavy atom. The van der Waals surface area contributed by atoms with Crippen molar-refractivity contribution in [2.75, 3.05) is 25.0 Å². The lowest BCUT2D eigenvalue weighted by Crippen LogP contribution is -2.41. The lowest BCUT2D eigenvalue weighted by molar-refractivity contribution is -0.384. The van der Waals surface area contributed by atoms with E-state index in [1.807, 2.05) is 7.05 Å². The molecule has 0 saturated carbocycles. The molecular weight excluding hydrogens is 306 g/mol. The number of halogens is 1. The highest BCUT2D eigenvalue weighted by molar-refractivity contribution is 5.85. The van der Waals surface area contributed by atoms with E-state index in [-0.39, 0.29) is 18.1 Å². The van der Waals surface area contributed by atoms with Crippen LogP contribution in [0.5, 0.6) is 0 Å². The molecule has 0 spiro atoms. The fourth-order valence-corrected chi connectivity index (χ4v) is 2.65. The lowest BCUT2D eigenvalue weighted by atomic mass is 10.1. The third kappa shape index (κ3) is 3.26. The van der Waals surface area contributed by atoms with Gasteiger partial charge in [-0.2, -0.15) is 0 Å². The molecule has 0 bridgehead atoms. The first-order valence-electron chi connectivity index (χ1n) is 7.01. The molecule has 0 aliphatic carbocycles. The van der Waals surface area contributed by atoms with Crippen LogP contribution < -0.4 is 10.2 Å². The third-order valence-electron chi connectivity index (χ3n) is 3.95. The van der Waals surface area contributed by atoms with Crippen molar-refractivity contribution in [3.8, 4) is 0 Å². The standard InChI is InChI=1S/C14H17N5O2.ClH/c1-15-10-4-6-18(7-5-10)14-9-16-13-8-11(19(20)21)2-3-12(13)17-14;/h2-3,8-10,15H,4-7H2,1H3;1H. The second-order valence-corrected chi connectivity index (χ2v) is 5.21. The molecule has 1 aromatic carbocycles. The zero-order chi connectivity index (χ0) is 14.8. The van der Waals surface area contributed by atoms with Crippen molar-refractivity contribution in [1.29, 1.82) is 0 Å². The van der Waals surface area contributed by atoms with Crippen LogP contribution in [-0.2, 0) is 0 Å². The zero-order valence-corrected chi connectivity index (χ0v) is 13.0. The summed E-state index contributed by atoms with van der Waals surface area (Å²) < 4.78 is 0. The van der Waals surface area contributed by atoms with E-state index >= 15 is 0 Å². The number of piperidine rings is 1. The predicted molar refractivity (Wildman–Crippen MR) is 87.7 cm³/mol. The van der Waals surface area contributed by atoms with Crippen molar-refractivity contribution >= 4 is 34.9 Å². The minimum Gasteiger partial charge on any atom is -0.355 e. The summed E-state index contributed by atoms with van der Waals surface area (Å²) in [6.45, 7) is 1.89. The first-order valence-corrected chi connectivity index (χ1v) is 7.01. The van der Waals surface area contributed by atoms with E-state index in [0.29, 0.717) is 17.1 Å². The number of hydrogen-bond acceptors (Lipinski definition) is 6. The number of hydrogen-bond donors (Lipinski definition) is 1. The van der Waals surface area contributed by atoms with Crippen LogP contribution in [0.1, 0.15) is 12.8 Å². The largest absolute Gasteiger partial charge is 0.355 e. The Morgan fingerprint density at radius 3 is 2.68 bits per heavy atom. The molecule has 2 aromatic rings. The topological polar surface area (TPSA) is 84.2 Å². The number of nitro benzene ring substituents is 1. The number of nitro groups is 1. The Kier molecular flexibility index (Phi) is 5.10. The van der Waals surface area contributed by atoms with Gasteiger partial charge in [-0.25, -0.2) is 4.98 Å². The van der Waals surface area contributed by atoms with Crippen LogP contribution in [0.2, 0.25) is 0 Å². The Balaban J connectivity index is 0.00000176. The molecule has 1 N–H and O–H groups in total. The summed E-state index contributed by atoms with van der Waals surface area (Å²) >= 11 is 0. The molecule has 1 aliphatic rings. The number of rotatable bonds is 3. The monoisotopic (exact) mass is 323 g/mol. The van der Waals surface area contributed by atoms with Gasteiger partial charge in [-0.05, 0) is 26.0 Å². The van der Waals surface area contributed by atoms with E-state index in [1.54, 1.807) is 12.3 Å². The van der Waals surface area contributed by atoms with Crippen LogP contribution in [0, 0.1) is 10.1 Å². The highest BCUT2D eigenvalue weighted by Gasteiger charge is 2.19. The maximum atomic E-state index is 10.8. The van der Waals surface area contributed by atoms with Crippen molar-refractivity contribution in [3.63, 3.8) is 0 Å². The number of fused-ring (bicyclic) bond motifs is 1. The molecule has 2 heterocycles. The molecule has 118 valence electrons. The highest BCUT2D eigenvalue weighted by Crippen LogP contribution is 2.22. The van der Waals surface area contributed by atoms with Crippen LogP contribution in [0.4, 0.5) is 11.5 Å². The van der Waals surface area contributed by atoms with E-state index in [4.69, 9.17) is 0 Å². The maximum Gasteiger partial charge on any atom is 0.271 e. The molecule has 3 rings (SSSR count). The maximum absolute atomic E-state index is 10.8. The van der Waals surface area contributed by atoms with Gasteiger partial charge in [-0.3, -0.25) is 15.1 Å². The van der Waals surface area contributed by atoms with E-state index in [2.05, 4.69) is 20.2 Å². The highest BCUT2D eigenvalue weighted by atomic mass is 35.5. The van der Waals surface area contributed by atoms with Gasteiger partial charge in [0.15, 0.2) is 0 Å². The SMILES string of the molecule is CNC1CCN(c2cnc3cc([N+](=O)[O-])ccc3n2)CC1.Cl. The molecule has 0 unspecified atom stereocenters. The summed E-state index contributed by atoms with van der Waals surface area (Å²) in [6, 6.07) is 5.15. The number of benzene rings is 1. The Hall–Kier alpha value is -1.99. The predicted octanol–water partition coefficient (Wildman–Crippen LogP) is 2.15. The van der Waals surface area contributed by atoms with Gasteiger partial charge in [0, 0.05) is 31.3 Å². The molecule has 0 amide bonds. The number of anilines is 1. The summed E-state index contributed by atoms with van der Waals surface area (Å²) in [5.74, 6) is 0.839. The average molecular weight is 324 g/mol. The van der Waals surface area contributed by atoms with Crippen molar-refractivity contribution in [2.45, 2.75) is 18.9 Å². The van der Waals surface area contributed by atoms with Gasteiger partial charge < -0.3 is 10.2 Å². The smallest absolute Gasteiger partial charge is 0.271 e. The van der Waals surface area contributed by atoms with Gasteiger partial charge >= 0.3 is 0 Å². The quantitative estimate of drug-likeness (QED) is 0.688. The van der Waals surface area contributed by atoms with Gasteiger partial charge in [-0.15, -0.1) is 12.4 Å². The van der Waals surface area contributed by atoms with Gasteiger partial charge in [0.05, 0.1) is 22.2 Å². The summed E-state index contributed by atoms with van der Waals surface area (Å²) in [6.07, 6.45) is 3.86. The fourth-order valence-electron chi connectivity index (χ4n) is 2.65. The van der Waals surface area contributed by atoms with E-state index in [0.717, 1.165) is 31.7 Å². The van der Waals surface area contributed by atoms with E-state index in [9.17, 15) is 10.1 Å². The Morgan fingerprint density at radius 1 is 1.32 bits per heavy atom. The molecule has 7 nitrogen and oxygen atoms in total. The van der Waals surface area contributed by atoms with Gasteiger partial charge in [0.1, 0.15) is 5.82 Å². The molecule has 1 fully saturated rings. The van der Waals surface area contributed by atoms with Crippen LogP contribution >= 0.6 is 12.4 Å². The molecule has 1 aliphatic heterocycles. The van der Waals surface area contributed by atoms with Gasteiger partial charge in [0.2, 0.25) is 0 Å². The molecule has 1 aromatic heterocycles. The second-order valence-electron chi connectivity index (χ2n) is 5.21. The molecule has 8 heteroatoms. The first-order chi connectivity index (χ1) is 10.2. The van der Waals surface area contributed by atoms with Crippen LogP contribution in [-0.4, -0.2) is 41.1 Å². The summed E-state index contributed by atoms with van der Waals surface area (Å²) in [7, 11) is 1.99. The van der Waals surface area contributed by atoms with Crippen molar-refractivity contribution < 1.29 is 4.92 Å². The van der Waals surface area contributed by atoms with Crippen molar-refractivity contribution in [2.24, 2.45) is 0 Å². The summed E-state index contributed by atoms with van der Waals surface area (Å²) in [5, 5.41) is 14.1. The van der Waals surface area contributed by atoms with Crippen LogP contribution in [0.15, 0.2) is 24.4 Å². The summed E-state index contributed by atoms with van der Waals surface area (Å²) in [4.78, 5) is 21.4. The molecule has 22 heavy (non-hydrogen) atoms. The lowest BCUT2D eigenvalue weighted by Gasteiger charge is -2.32. The van der Waals surface area contributed by atoms with E-state index in [1.165, 1.54) is 12.1 Å². The minimum absolute atomic E-state index is 0. The normalized spacial score (nSPS) is 15.6. The number of nitrogens with one attached hydrogen (secondary N) is 1. The van der Waals surface area contributed by atoms with Crippen molar-refractivity contribution in [3.05, 3.63) is 34.5 Å². The Bertz CT molecular complexity index is 673. The zero-order valence-electron chi connectivity index (χ0n) is 12.2. The molecule has 0 atom stereocenters. The number of nitrogens with zero attached hydrogens (tertiary/aromatic N) is 4. The number of aromatic nitrogens is 2. The van der Waals surface area contributed by atoms with Crippen molar-refractivity contribution in [1.82, 2.24) is 15.3 Å². The average Bonchev–Trinajstić information content (AvgIpc) is 2.54. The van der Waals surface area contributed by atoms with E-state index < -0.39 is 4.92 Å². The molecule has 0 radical (unpaired) electrons.